The summed E-state index contributed by atoms with van der Waals surface area (Å²) in [5.74, 6) is 0. The molecule has 76 valence electrons. The third-order valence-corrected chi connectivity index (χ3v) is 5.48. The first kappa shape index (κ1) is 10.6. The monoisotopic (exact) mass is 232 g/mol. The molecule has 0 fully saturated rings. The SMILES string of the molecule is Cc1ccc([PH](=S)c2ccccc2)cc1. The van der Waals surface area contributed by atoms with Crippen molar-refractivity contribution in [1.29, 1.82) is 0 Å². The molecule has 0 bridgehead atoms. The minimum absolute atomic E-state index is 0.978. The fraction of sp³-hybridized carbons (Fsp3) is 0.0769. The molecular weight excluding hydrogens is 219 g/mol. The molecule has 0 aliphatic rings. The van der Waals surface area contributed by atoms with Crippen LogP contribution in [0.4, 0.5) is 0 Å². The third-order valence-electron chi connectivity index (χ3n) is 2.35. The van der Waals surface area contributed by atoms with Gasteiger partial charge in [0, 0.05) is 0 Å². The molecule has 1 atom stereocenters. The zero-order valence-electron chi connectivity index (χ0n) is 8.60. The first-order valence-electron chi connectivity index (χ1n) is 4.94. The molecule has 2 rings (SSSR count). The lowest BCUT2D eigenvalue weighted by atomic mass is 10.2. The average Bonchev–Trinajstić information content (AvgIpc) is 2.30. The third kappa shape index (κ3) is 2.56. The van der Waals surface area contributed by atoms with Crippen molar-refractivity contribution in [2.24, 2.45) is 0 Å². The Morgan fingerprint density at radius 1 is 0.800 bits per heavy atom. The summed E-state index contributed by atoms with van der Waals surface area (Å²) in [5, 5.41) is 2.59. The summed E-state index contributed by atoms with van der Waals surface area (Å²) in [7, 11) is 0. The first-order valence-corrected chi connectivity index (χ1v) is 7.57. The summed E-state index contributed by atoms with van der Waals surface area (Å²) in [6.07, 6.45) is 0. The standard InChI is InChI=1S/C13H13PS/c1-11-7-9-13(10-8-11)14(15)12-5-3-2-4-6-12/h2-10,14H,1H3. The molecule has 0 nitrogen and oxygen atoms in total. The molecule has 0 radical (unpaired) electrons. The highest BCUT2D eigenvalue weighted by Gasteiger charge is 2.00. The summed E-state index contributed by atoms with van der Waals surface area (Å²) in [5.41, 5.74) is 1.29. The van der Waals surface area contributed by atoms with E-state index >= 15 is 0 Å². The Balaban J connectivity index is 2.33. The summed E-state index contributed by atoms with van der Waals surface area (Å²) < 4.78 is 0. The van der Waals surface area contributed by atoms with Crippen molar-refractivity contribution in [2.45, 2.75) is 6.92 Å². The molecule has 0 amide bonds. The second kappa shape index (κ2) is 4.74. The van der Waals surface area contributed by atoms with Crippen molar-refractivity contribution in [3.05, 3.63) is 60.2 Å². The van der Waals surface area contributed by atoms with Gasteiger partial charge in [0.15, 0.2) is 0 Å². The van der Waals surface area contributed by atoms with Crippen molar-refractivity contribution in [1.82, 2.24) is 0 Å². The molecule has 0 aliphatic heterocycles. The Bertz CT molecular complexity index is 460. The van der Waals surface area contributed by atoms with Gasteiger partial charge in [-0.05, 0) is 24.2 Å². The van der Waals surface area contributed by atoms with Crippen LogP contribution in [0.25, 0.3) is 0 Å². The van der Waals surface area contributed by atoms with E-state index in [0.717, 1.165) is 0 Å². The molecule has 0 saturated heterocycles. The summed E-state index contributed by atoms with van der Waals surface area (Å²) in [6.45, 7) is 1.12. The zero-order chi connectivity index (χ0) is 10.7. The molecule has 1 unspecified atom stereocenters. The van der Waals surface area contributed by atoms with Crippen LogP contribution in [0.1, 0.15) is 5.56 Å². The largest absolute Gasteiger partial charge is 0.0910 e. The molecule has 0 heterocycles. The molecule has 0 saturated carbocycles. The lowest BCUT2D eigenvalue weighted by Gasteiger charge is -2.05. The topological polar surface area (TPSA) is 0 Å². The van der Waals surface area contributed by atoms with Gasteiger partial charge in [-0.2, -0.15) is 0 Å². The number of rotatable bonds is 2. The Morgan fingerprint density at radius 2 is 1.33 bits per heavy atom. The molecule has 0 aliphatic carbocycles. The second-order valence-electron chi connectivity index (χ2n) is 3.56. The normalized spacial score (nSPS) is 12.3. The van der Waals surface area contributed by atoms with E-state index in [0.29, 0.717) is 0 Å². The Morgan fingerprint density at radius 3 is 1.93 bits per heavy atom. The molecule has 15 heavy (non-hydrogen) atoms. The van der Waals surface area contributed by atoms with Crippen molar-refractivity contribution in [3.8, 4) is 0 Å². The predicted octanol–water partition coefficient (Wildman–Crippen LogP) is 2.62. The number of benzene rings is 2. The highest BCUT2D eigenvalue weighted by atomic mass is 32.4. The van der Waals surface area contributed by atoms with E-state index < -0.39 is 6.70 Å². The van der Waals surface area contributed by atoms with Crippen molar-refractivity contribution >= 4 is 29.1 Å². The minimum atomic E-state index is -0.978. The van der Waals surface area contributed by atoms with Crippen LogP contribution in [-0.2, 0) is 11.8 Å². The van der Waals surface area contributed by atoms with Gasteiger partial charge in [0.25, 0.3) is 0 Å². The van der Waals surface area contributed by atoms with Crippen LogP contribution in [0.5, 0.6) is 0 Å². The van der Waals surface area contributed by atoms with Crippen LogP contribution in [0.2, 0.25) is 0 Å². The lowest BCUT2D eigenvalue weighted by Crippen LogP contribution is -2.05. The van der Waals surface area contributed by atoms with E-state index in [1.165, 1.54) is 16.2 Å². The molecule has 2 aromatic carbocycles. The molecule has 0 N–H and O–H groups in total. The highest BCUT2D eigenvalue weighted by Crippen LogP contribution is 2.19. The van der Waals surface area contributed by atoms with Gasteiger partial charge in [-0.3, -0.25) is 0 Å². The Hall–Kier alpha value is -0.910. The molecular formula is C13H13PS. The maximum absolute atomic E-state index is 5.62. The lowest BCUT2D eigenvalue weighted by molar-refractivity contribution is 1.49. The quantitative estimate of drug-likeness (QED) is 0.717. The first-order chi connectivity index (χ1) is 7.27. The maximum atomic E-state index is 5.62. The average molecular weight is 232 g/mol. The van der Waals surface area contributed by atoms with Crippen LogP contribution in [-0.4, -0.2) is 0 Å². The predicted molar refractivity (Wildman–Crippen MR) is 72.6 cm³/mol. The van der Waals surface area contributed by atoms with Gasteiger partial charge in [-0.1, -0.05) is 72.0 Å². The van der Waals surface area contributed by atoms with Gasteiger partial charge >= 0.3 is 0 Å². The number of hydrogen-bond donors (Lipinski definition) is 0. The van der Waals surface area contributed by atoms with Crippen LogP contribution in [0.3, 0.4) is 0 Å². The molecule has 2 heteroatoms. The van der Waals surface area contributed by atoms with Gasteiger partial charge in [-0.15, -0.1) is 0 Å². The highest BCUT2D eigenvalue weighted by molar-refractivity contribution is 8.12. The molecule has 2 aromatic rings. The van der Waals surface area contributed by atoms with E-state index in [-0.39, 0.29) is 0 Å². The van der Waals surface area contributed by atoms with Gasteiger partial charge in [0.05, 0.1) is 0 Å². The Kier molecular flexibility index (Phi) is 3.35. The van der Waals surface area contributed by atoms with Crippen LogP contribution in [0, 0.1) is 6.92 Å². The fourth-order valence-corrected chi connectivity index (χ4v) is 3.58. The number of aryl methyl sites for hydroxylation is 1. The van der Waals surface area contributed by atoms with E-state index in [4.69, 9.17) is 11.8 Å². The summed E-state index contributed by atoms with van der Waals surface area (Å²) in [4.78, 5) is 0. The van der Waals surface area contributed by atoms with Crippen molar-refractivity contribution in [3.63, 3.8) is 0 Å². The van der Waals surface area contributed by atoms with E-state index in [1.54, 1.807) is 0 Å². The van der Waals surface area contributed by atoms with Gasteiger partial charge in [0.1, 0.15) is 0 Å². The summed E-state index contributed by atoms with van der Waals surface area (Å²) in [6, 6.07) is 19.0. The second-order valence-corrected chi connectivity index (χ2v) is 6.60. The van der Waals surface area contributed by atoms with Crippen LogP contribution in [0.15, 0.2) is 54.6 Å². The van der Waals surface area contributed by atoms with Gasteiger partial charge in [0.2, 0.25) is 0 Å². The van der Waals surface area contributed by atoms with Crippen LogP contribution < -0.4 is 10.6 Å². The molecule has 0 spiro atoms. The molecule has 0 aromatic heterocycles. The van der Waals surface area contributed by atoms with E-state index in [1.807, 2.05) is 6.07 Å². The Labute approximate surface area is 96.4 Å². The smallest absolute Gasteiger partial charge is 0.00160 e. The van der Waals surface area contributed by atoms with E-state index in [2.05, 4.69) is 55.5 Å². The summed E-state index contributed by atoms with van der Waals surface area (Å²) >= 11 is 5.62. The maximum Gasteiger partial charge on any atom is -0.00160 e. The van der Waals surface area contributed by atoms with Crippen LogP contribution >= 0.6 is 6.70 Å². The zero-order valence-corrected chi connectivity index (χ0v) is 10.4. The van der Waals surface area contributed by atoms with Gasteiger partial charge < -0.3 is 0 Å². The van der Waals surface area contributed by atoms with E-state index in [9.17, 15) is 0 Å². The van der Waals surface area contributed by atoms with Gasteiger partial charge in [-0.25, -0.2) is 0 Å². The van der Waals surface area contributed by atoms with Crippen molar-refractivity contribution in [2.75, 3.05) is 0 Å². The number of hydrogen-bond acceptors (Lipinski definition) is 1. The minimum Gasteiger partial charge on any atom is -0.0910 e. The fourth-order valence-electron chi connectivity index (χ4n) is 1.46. The van der Waals surface area contributed by atoms with Crippen molar-refractivity contribution < 1.29 is 0 Å².